The molecule has 1 saturated carbocycles. The predicted molar refractivity (Wildman–Crippen MR) is 89.1 cm³/mol. The molecule has 2 aromatic heterocycles. The minimum atomic E-state index is -0.188. The first-order chi connectivity index (χ1) is 11.6. The average Bonchev–Trinajstić information content (AvgIpc) is 3.26. The van der Waals surface area contributed by atoms with Crippen molar-refractivity contribution in [2.24, 2.45) is 14.1 Å². The fourth-order valence-corrected chi connectivity index (χ4v) is 3.31. The van der Waals surface area contributed by atoms with E-state index in [1.54, 1.807) is 4.68 Å². The first kappa shape index (κ1) is 15.4. The number of rotatable bonds is 4. The van der Waals surface area contributed by atoms with Crippen molar-refractivity contribution < 1.29 is 9.53 Å². The molecule has 1 aliphatic heterocycles. The summed E-state index contributed by atoms with van der Waals surface area (Å²) in [5.41, 5.74) is 2.58. The lowest BCUT2D eigenvalue weighted by Crippen LogP contribution is -2.16. The number of aryl methyl sites for hydroxylation is 2. The number of amides is 1. The molecule has 2 aromatic rings. The van der Waals surface area contributed by atoms with Crippen LogP contribution in [0.4, 0.5) is 5.82 Å². The van der Waals surface area contributed by atoms with Gasteiger partial charge in [-0.3, -0.25) is 14.2 Å². The Labute approximate surface area is 141 Å². The Morgan fingerprint density at radius 2 is 2.00 bits per heavy atom. The predicted octanol–water partition coefficient (Wildman–Crippen LogP) is 2.18. The summed E-state index contributed by atoms with van der Waals surface area (Å²) in [5, 5.41) is 11.8. The van der Waals surface area contributed by atoms with Crippen molar-refractivity contribution in [3.63, 3.8) is 0 Å². The molecule has 1 aliphatic carbocycles. The molecule has 7 nitrogen and oxygen atoms in total. The number of nitrogens with zero attached hydrogens (tertiary/aromatic N) is 4. The van der Waals surface area contributed by atoms with E-state index in [2.05, 4.69) is 15.5 Å². The molecule has 1 amide bonds. The molecule has 0 bridgehead atoms. The lowest BCUT2D eigenvalue weighted by molar-refractivity contribution is 0.0791. The highest BCUT2D eigenvalue weighted by Crippen LogP contribution is 2.40. The van der Waals surface area contributed by atoms with Crippen molar-refractivity contribution in [3.05, 3.63) is 29.2 Å². The van der Waals surface area contributed by atoms with Crippen LogP contribution in [0, 0.1) is 0 Å². The Morgan fingerprint density at radius 3 is 2.71 bits per heavy atom. The topological polar surface area (TPSA) is 74.0 Å². The van der Waals surface area contributed by atoms with Gasteiger partial charge in [0.1, 0.15) is 5.82 Å². The number of ether oxygens (including phenoxy) is 1. The summed E-state index contributed by atoms with van der Waals surface area (Å²) in [7, 11) is 3.74. The third-order valence-corrected chi connectivity index (χ3v) is 4.86. The van der Waals surface area contributed by atoms with Gasteiger partial charge in [-0.25, -0.2) is 0 Å². The van der Waals surface area contributed by atoms with Crippen LogP contribution in [0.1, 0.15) is 59.4 Å². The van der Waals surface area contributed by atoms with Crippen molar-refractivity contribution in [2.45, 2.75) is 37.5 Å². The Balaban J connectivity index is 1.49. The second-order valence-corrected chi connectivity index (χ2v) is 6.80. The number of anilines is 1. The van der Waals surface area contributed by atoms with Crippen molar-refractivity contribution in [1.82, 2.24) is 19.6 Å². The van der Waals surface area contributed by atoms with Crippen LogP contribution in [0.2, 0.25) is 0 Å². The summed E-state index contributed by atoms with van der Waals surface area (Å²) in [6, 6.07) is 3.85. The molecule has 1 N–H and O–H groups in total. The van der Waals surface area contributed by atoms with E-state index in [9.17, 15) is 4.79 Å². The highest BCUT2D eigenvalue weighted by molar-refractivity contribution is 6.02. The summed E-state index contributed by atoms with van der Waals surface area (Å²) in [6.45, 7) is 1.53. The zero-order chi connectivity index (χ0) is 16.7. The van der Waals surface area contributed by atoms with Crippen LogP contribution in [-0.4, -0.2) is 38.7 Å². The summed E-state index contributed by atoms with van der Waals surface area (Å²) >= 11 is 0. The molecule has 2 fully saturated rings. The Morgan fingerprint density at radius 1 is 1.17 bits per heavy atom. The van der Waals surface area contributed by atoms with Gasteiger partial charge in [-0.15, -0.1) is 0 Å². The first-order valence-electron chi connectivity index (χ1n) is 8.59. The van der Waals surface area contributed by atoms with E-state index in [-0.39, 0.29) is 5.91 Å². The quantitative estimate of drug-likeness (QED) is 0.933. The van der Waals surface area contributed by atoms with Gasteiger partial charge in [0.25, 0.3) is 5.91 Å². The fraction of sp³-hybridized carbons (Fsp3) is 0.588. The van der Waals surface area contributed by atoms with Gasteiger partial charge in [-0.2, -0.15) is 10.2 Å². The summed E-state index contributed by atoms with van der Waals surface area (Å²) in [4.78, 5) is 12.5. The maximum absolute atomic E-state index is 12.5. The molecule has 2 aliphatic rings. The zero-order valence-corrected chi connectivity index (χ0v) is 14.2. The summed E-state index contributed by atoms with van der Waals surface area (Å²) in [6.07, 6.45) is 4.51. The highest BCUT2D eigenvalue weighted by Gasteiger charge is 2.28. The molecule has 0 aromatic carbocycles. The monoisotopic (exact) mass is 329 g/mol. The second kappa shape index (κ2) is 6.05. The van der Waals surface area contributed by atoms with Gasteiger partial charge < -0.3 is 10.1 Å². The normalized spacial score (nSPS) is 21.0. The number of hydrogen-bond acceptors (Lipinski definition) is 4. The molecule has 1 unspecified atom stereocenters. The number of hydrogen-bond donors (Lipinski definition) is 1. The smallest absolute Gasteiger partial charge is 0.277 e. The van der Waals surface area contributed by atoms with Crippen LogP contribution in [0.25, 0.3) is 0 Å². The van der Waals surface area contributed by atoms with E-state index < -0.39 is 0 Å². The lowest BCUT2D eigenvalue weighted by atomic mass is 9.99. The van der Waals surface area contributed by atoms with Crippen molar-refractivity contribution in [3.8, 4) is 0 Å². The van der Waals surface area contributed by atoms with Crippen molar-refractivity contribution >= 4 is 11.7 Å². The molecule has 1 atom stereocenters. The Hall–Kier alpha value is -2.15. The maximum Gasteiger partial charge on any atom is 0.277 e. The van der Waals surface area contributed by atoms with Crippen LogP contribution < -0.4 is 5.32 Å². The average molecular weight is 329 g/mol. The zero-order valence-electron chi connectivity index (χ0n) is 14.2. The molecule has 7 heteroatoms. The number of aromatic nitrogens is 4. The van der Waals surface area contributed by atoms with Crippen molar-refractivity contribution in [1.29, 1.82) is 0 Å². The third kappa shape index (κ3) is 2.96. The van der Waals surface area contributed by atoms with Crippen LogP contribution in [0.15, 0.2) is 12.1 Å². The molecule has 128 valence electrons. The molecule has 4 rings (SSSR count). The van der Waals surface area contributed by atoms with E-state index in [0.29, 0.717) is 30.0 Å². The molecule has 0 radical (unpaired) electrons. The van der Waals surface area contributed by atoms with E-state index in [4.69, 9.17) is 4.74 Å². The second-order valence-electron chi connectivity index (χ2n) is 6.80. The van der Waals surface area contributed by atoms with Gasteiger partial charge in [-0.05, 0) is 31.7 Å². The first-order valence-corrected chi connectivity index (χ1v) is 8.59. The van der Waals surface area contributed by atoms with Gasteiger partial charge in [0.2, 0.25) is 0 Å². The lowest BCUT2D eigenvalue weighted by Gasteiger charge is -2.19. The van der Waals surface area contributed by atoms with E-state index in [0.717, 1.165) is 30.8 Å². The van der Waals surface area contributed by atoms with E-state index >= 15 is 0 Å². The Bertz CT molecular complexity index is 753. The third-order valence-electron chi connectivity index (χ3n) is 4.86. The fourth-order valence-electron chi connectivity index (χ4n) is 3.31. The maximum atomic E-state index is 12.5. The van der Waals surface area contributed by atoms with Crippen LogP contribution >= 0.6 is 0 Å². The molecule has 3 heterocycles. The minimum Gasteiger partial charge on any atom is -0.381 e. The Kier molecular flexibility index (Phi) is 3.88. The molecule has 1 saturated heterocycles. The summed E-state index contributed by atoms with van der Waals surface area (Å²) < 4.78 is 9.07. The van der Waals surface area contributed by atoms with Crippen LogP contribution in [0.3, 0.4) is 0 Å². The van der Waals surface area contributed by atoms with Gasteiger partial charge in [-0.1, -0.05) is 0 Å². The largest absolute Gasteiger partial charge is 0.381 e. The van der Waals surface area contributed by atoms with Crippen molar-refractivity contribution in [2.75, 3.05) is 18.5 Å². The van der Waals surface area contributed by atoms with E-state index in [1.807, 2.05) is 30.9 Å². The highest BCUT2D eigenvalue weighted by atomic mass is 16.5. The van der Waals surface area contributed by atoms with Gasteiger partial charge >= 0.3 is 0 Å². The number of carbonyl (C=O) groups is 1. The standard InChI is InChI=1S/C17H23N5O2/c1-21-15(11-5-6-11)8-14(20-21)17(23)18-16-9-13(19-22(16)2)12-4-3-7-24-10-12/h8-9,11-12H,3-7,10H2,1-2H3,(H,18,23). The van der Waals surface area contributed by atoms with Gasteiger partial charge in [0, 0.05) is 44.3 Å². The SMILES string of the molecule is Cn1nc(C2CCCOC2)cc1NC(=O)c1cc(C2CC2)n(C)n1. The van der Waals surface area contributed by atoms with Gasteiger partial charge in [0.05, 0.1) is 12.3 Å². The molecule has 0 spiro atoms. The minimum absolute atomic E-state index is 0.188. The number of carbonyl (C=O) groups excluding carboxylic acids is 1. The van der Waals surface area contributed by atoms with Crippen LogP contribution in [-0.2, 0) is 18.8 Å². The molecule has 24 heavy (non-hydrogen) atoms. The van der Waals surface area contributed by atoms with Crippen LogP contribution in [0.5, 0.6) is 0 Å². The van der Waals surface area contributed by atoms with Gasteiger partial charge in [0.15, 0.2) is 5.69 Å². The molecular formula is C17H23N5O2. The summed E-state index contributed by atoms with van der Waals surface area (Å²) in [5.74, 6) is 1.39. The number of nitrogens with one attached hydrogen (secondary N) is 1. The van der Waals surface area contributed by atoms with E-state index in [1.165, 1.54) is 12.8 Å². The molecular weight excluding hydrogens is 306 g/mol.